The Labute approximate surface area is 197 Å². The second-order valence-corrected chi connectivity index (χ2v) is 7.22. The monoisotopic (exact) mass is 509 g/mol. The van der Waals surface area contributed by atoms with E-state index in [2.05, 4.69) is 20.1 Å². The van der Waals surface area contributed by atoms with Crippen LogP contribution in [0.5, 0.6) is 17.2 Å². The molecule has 4 aromatic rings. The molecule has 0 bridgehead atoms. The van der Waals surface area contributed by atoms with Crippen LogP contribution in [0, 0.1) is 5.82 Å². The Morgan fingerprint density at radius 3 is 2.40 bits per heavy atom. The topological polar surface area (TPSA) is 155 Å². The van der Waals surface area contributed by atoms with E-state index in [1.165, 1.54) is 12.3 Å². The third-order valence-electron chi connectivity index (χ3n) is 4.52. The van der Waals surface area contributed by atoms with Gasteiger partial charge in [-0.05, 0) is 18.2 Å². The first kappa shape index (κ1) is 23.7. The van der Waals surface area contributed by atoms with Crippen LogP contribution in [0.4, 0.5) is 23.4 Å². The number of nitrogens with two attached hydrogens (primary N) is 2. The molecule has 0 saturated heterocycles. The number of pyridine rings is 1. The van der Waals surface area contributed by atoms with Gasteiger partial charge >= 0.3 is 6.18 Å². The lowest BCUT2D eigenvalue weighted by Gasteiger charge is -2.11. The maximum absolute atomic E-state index is 14.9. The first-order valence-electron chi connectivity index (χ1n) is 9.36. The van der Waals surface area contributed by atoms with Crippen molar-refractivity contribution in [3.8, 4) is 34.5 Å². The summed E-state index contributed by atoms with van der Waals surface area (Å²) in [5.74, 6) is -3.96. The number of nitrogen functional groups attached to an aromatic ring is 1. The first-order valence-corrected chi connectivity index (χ1v) is 9.74. The molecule has 0 unspecified atom stereocenters. The summed E-state index contributed by atoms with van der Waals surface area (Å²) in [6.07, 6.45) is -2.19. The molecule has 180 valence electrons. The number of ether oxygens (including phenoxy) is 1. The number of carbonyl (C=O) groups is 1. The van der Waals surface area contributed by atoms with E-state index in [1.807, 2.05) is 0 Å². The Morgan fingerprint density at radius 2 is 1.80 bits per heavy atom. The van der Waals surface area contributed by atoms with Crippen molar-refractivity contribution in [1.82, 2.24) is 24.7 Å². The van der Waals surface area contributed by atoms with Crippen LogP contribution in [-0.4, -0.2) is 35.7 Å². The fourth-order valence-corrected chi connectivity index (χ4v) is 3.20. The molecule has 5 N–H and O–H groups in total. The van der Waals surface area contributed by atoms with Gasteiger partial charge in [-0.25, -0.2) is 19.3 Å². The molecule has 0 spiro atoms. The van der Waals surface area contributed by atoms with Crippen LogP contribution in [0.2, 0.25) is 5.02 Å². The molecule has 0 aliphatic carbocycles. The van der Waals surface area contributed by atoms with Gasteiger partial charge in [-0.2, -0.15) is 23.0 Å². The average Bonchev–Trinajstić information content (AvgIpc) is 3.20. The molecule has 0 aliphatic heterocycles. The number of alkyl halides is 3. The normalized spacial score (nSPS) is 11.5. The van der Waals surface area contributed by atoms with Crippen molar-refractivity contribution in [2.24, 2.45) is 5.73 Å². The number of aromatic nitrogens is 5. The molecule has 0 fully saturated rings. The van der Waals surface area contributed by atoms with E-state index in [0.717, 1.165) is 30.6 Å². The Bertz CT molecular complexity index is 1440. The number of anilines is 1. The van der Waals surface area contributed by atoms with Crippen LogP contribution < -0.4 is 16.2 Å². The molecular weight excluding hydrogens is 498 g/mol. The van der Waals surface area contributed by atoms with Gasteiger partial charge in [-0.1, -0.05) is 11.6 Å². The van der Waals surface area contributed by atoms with Crippen molar-refractivity contribution in [2.75, 3.05) is 5.73 Å². The molecule has 1 amide bonds. The predicted molar refractivity (Wildman–Crippen MR) is 113 cm³/mol. The number of amides is 1. The number of halogens is 5. The molecule has 0 aliphatic rings. The summed E-state index contributed by atoms with van der Waals surface area (Å²) >= 11 is 5.98. The van der Waals surface area contributed by atoms with Gasteiger partial charge in [0, 0.05) is 17.8 Å². The van der Waals surface area contributed by atoms with Gasteiger partial charge in [0.25, 0.3) is 11.9 Å². The number of nitrogens with zero attached hydrogens (tertiary/aromatic N) is 5. The number of aromatic hydroxyl groups is 1. The van der Waals surface area contributed by atoms with Gasteiger partial charge in [0.1, 0.15) is 16.5 Å². The highest BCUT2D eigenvalue weighted by atomic mass is 35.5. The summed E-state index contributed by atoms with van der Waals surface area (Å²) in [7, 11) is 0. The number of carbonyl (C=O) groups excluding carboxylic acids is 1. The van der Waals surface area contributed by atoms with Crippen molar-refractivity contribution in [2.45, 2.75) is 6.18 Å². The molecule has 0 atom stereocenters. The Kier molecular flexibility index (Phi) is 5.90. The molecule has 0 saturated carbocycles. The van der Waals surface area contributed by atoms with E-state index in [1.54, 1.807) is 0 Å². The third kappa shape index (κ3) is 4.50. The molecule has 3 aromatic heterocycles. The lowest BCUT2D eigenvalue weighted by atomic mass is 10.0. The summed E-state index contributed by atoms with van der Waals surface area (Å²) in [6, 6.07) is 4.37. The summed E-state index contributed by atoms with van der Waals surface area (Å²) in [5, 5.41) is 13.0. The highest BCUT2D eigenvalue weighted by Gasteiger charge is 2.43. The predicted octanol–water partition coefficient (Wildman–Crippen LogP) is 3.71. The van der Waals surface area contributed by atoms with Crippen LogP contribution in [0.25, 0.3) is 17.2 Å². The number of benzene rings is 1. The molecule has 4 rings (SSSR count). The maximum Gasteiger partial charge on any atom is 0.434 e. The second-order valence-electron chi connectivity index (χ2n) is 6.84. The minimum Gasteiger partial charge on any atom is -0.505 e. The lowest BCUT2D eigenvalue weighted by molar-refractivity contribution is -0.143. The van der Waals surface area contributed by atoms with Crippen molar-refractivity contribution < 1.29 is 32.2 Å². The van der Waals surface area contributed by atoms with Crippen molar-refractivity contribution >= 4 is 23.3 Å². The minimum absolute atomic E-state index is 0.0169. The van der Waals surface area contributed by atoms with Gasteiger partial charge in [0.2, 0.25) is 0 Å². The Morgan fingerprint density at radius 1 is 1.11 bits per heavy atom. The smallest absolute Gasteiger partial charge is 0.434 e. The van der Waals surface area contributed by atoms with E-state index in [-0.39, 0.29) is 32.6 Å². The standard InChI is InChI=1S/C20H12ClF4N7O3/c21-14-12(3-4-28-17(14)26)35-11-2-1-8(5-10(11)22)15-13(18(27)34)16(20(23,24)25)32(31-15)19-29-6-9(33)7-30-19/h1-7,33H,(H2,26,28)(H2,27,34). The van der Waals surface area contributed by atoms with Gasteiger partial charge in [-0.15, -0.1) is 0 Å². The highest BCUT2D eigenvalue weighted by molar-refractivity contribution is 6.34. The Balaban J connectivity index is 1.85. The van der Waals surface area contributed by atoms with Crippen LogP contribution >= 0.6 is 11.6 Å². The van der Waals surface area contributed by atoms with E-state index in [4.69, 9.17) is 27.8 Å². The minimum atomic E-state index is -5.13. The third-order valence-corrected chi connectivity index (χ3v) is 4.90. The van der Waals surface area contributed by atoms with Crippen LogP contribution in [0.3, 0.4) is 0 Å². The fourth-order valence-electron chi connectivity index (χ4n) is 3.05. The van der Waals surface area contributed by atoms with Crippen LogP contribution in [0.15, 0.2) is 42.9 Å². The van der Waals surface area contributed by atoms with Crippen LogP contribution in [-0.2, 0) is 6.18 Å². The highest BCUT2D eigenvalue weighted by Crippen LogP contribution is 2.39. The zero-order valence-electron chi connectivity index (χ0n) is 17.1. The molecule has 3 heterocycles. The van der Waals surface area contributed by atoms with Gasteiger partial charge < -0.3 is 21.3 Å². The molecule has 15 heteroatoms. The lowest BCUT2D eigenvalue weighted by Crippen LogP contribution is -2.21. The zero-order chi connectivity index (χ0) is 25.5. The maximum atomic E-state index is 14.9. The summed E-state index contributed by atoms with van der Waals surface area (Å²) in [5.41, 5.74) is 7.39. The second kappa shape index (κ2) is 8.72. The first-order chi connectivity index (χ1) is 16.5. The van der Waals surface area contributed by atoms with Gasteiger partial charge in [-0.3, -0.25) is 4.79 Å². The van der Waals surface area contributed by atoms with Gasteiger partial charge in [0.15, 0.2) is 28.8 Å². The van der Waals surface area contributed by atoms with Gasteiger partial charge in [0.05, 0.1) is 18.0 Å². The zero-order valence-corrected chi connectivity index (χ0v) is 17.8. The van der Waals surface area contributed by atoms with Crippen LogP contribution in [0.1, 0.15) is 16.1 Å². The Hall–Kier alpha value is -4.46. The number of hydrogen-bond acceptors (Lipinski definition) is 8. The summed E-state index contributed by atoms with van der Waals surface area (Å²) < 4.78 is 62.2. The fraction of sp³-hybridized carbons (Fsp3) is 0.0500. The molecule has 1 aromatic carbocycles. The number of rotatable bonds is 5. The van der Waals surface area contributed by atoms with E-state index >= 15 is 0 Å². The van der Waals surface area contributed by atoms with E-state index in [0.29, 0.717) is 0 Å². The largest absolute Gasteiger partial charge is 0.505 e. The summed E-state index contributed by atoms with van der Waals surface area (Å²) in [4.78, 5) is 23.0. The van der Waals surface area contributed by atoms with E-state index in [9.17, 15) is 27.5 Å². The molecular formula is C20H12ClF4N7O3. The number of hydrogen-bond donors (Lipinski definition) is 3. The quantitative estimate of drug-likeness (QED) is 0.344. The summed E-state index contributed by atoms with van der Waals surface area (Å²) in [6.45, 7) is 0. The average molecular weight is 510 g/mol. The SMILES string of the molecule is NC(=O)c1c(-c2ccc(Oc3ccnc(N)c3Cl)c(F)c2)nn(-c2ncc(O)cn2)c1C(F)(F)F. The molecule has 35 heavy (non-hydrogen) atoms. The van der Waals surface area contributed by atoms with E-state index < -0.39 is 46.5 Å². The van der Waals surface area contributed by atoms with Crippen molar-refractivity contribution in [3.05, 3.63) is 65.0 Å². The van der Waals surface area contributed by atoms with Crippen molar-refractivity contribution in [3.63, 3.8) is 0 Å². The molecule has 0 radical (unpaired) electrons. The van der Waals surface area contributed by atoms with Crippen molar-refractivity contribution in [1.29, 1.82) is 0 Å². The number of primary amides is 1. The molecule has 10 nitrogen and oxygen atoms in total.